The summed E-state index contributed by atoms with van der Waals surface area (Å²) < 4.78 is 47.0. The summed E-state index contributed by atoms with van der Waals surface area (Å²) in [5.41, 5.74) is 0.301. The van der Waals surface area contributed by atoms with Crippen LogP contribution in [0.4, 0.5) is 0 Å². The van der Waals surface area contributed by atoms with Crippen LogP contribution in [-0.2, 0) is 36.0 Å². The quantitative estimate of drug-likeness (QED) is 0.219. The highest BCUT2D eigenvalue weighted by molar-refractivity contribution is 6.60. The largest absolute Gasteiger partial charge is 0.500 e. The molecule has 4 fully saturated rings. The summed E-state index contributed by atoms with van der Waals surface area (Å²) in [7, 11) is 4.87. The first-order valence-corrected chi connectivity index (χ1v) is 16.5. The fourth-order valence-corrected chi connectivity index (χ4v) is 11.4. The Morgan fingerprint density at radius 2 is 0.824 bits per heavy atom. The fourth-order valence-electron chi connectivity index (χ4n) is 8.05. The number of ether oxygens (including phenoxy) is 2. The Balaban J connectivity index is 1.62. The molecule has 0 aliphatic heterocycles. The average molecular weight is 521 g/mol. The maximum absolute atomic E-state index is 6.76. The van der Waals surface area contributed by atoms with Gasteiger partial charge in [-0.3, -0.25) is 0 Å². The van der Waals surface area contributed by atoms with Gasteiger partial charge >= 0.3 is 17.6 Å². The van der Waals surface area contributed by atoms with Crippen molar-refractivity contribution in [1.29, 1.82) is 0 Å². The SMILES string of the molecule is CO[Si](CCCOC12CC3(C)CC(C)(C1)CC(OCCC[Si](OC)(OC)OC)(C3)C2)(OC)OC. The normalized spacial score (nSPS) is 35.3. The molecule has 34 heavy (non-hydrogen) atoms. The Kier molecular flexibility index (Phi) is 9.15. The van der Waals surface area contributed by atoms with Crippen LogP contribution in [0.3, 0.4) is 0 Å². The molecule has 4 bridgehead atoms. The Labute approximate surface area is 209 Å². The summed E-state index contributed by atoms with van der Waals surface area (Å²) in [6, 6.07) is 1.51. The lowest BCUT2D eigenvalue weighted by atomic mass is 9.42. The van der Waals surface area contributed by atoms with Gasteiger partial charge in [0.05, 0.1) is 11.2 Å². The zero-order valence-electron chi connectivity index (χ0n) is 22.8. The van der Waals surface area contributed by atoms with Gasteiger partial charge in [0.15, 0.2) is 0 Å². The van der Waals surface area contributed by atoms with Gasteiger partial charge in [-0.1, -0.05) is 13.8 Å². The number of rotatable bonds is 16. The Bertz CT molecular complexity index is 585. The van der Waals surface area contributed by atoms with E-state index in [0.29, 0.717) is 13.2 Å². The molecule has 0 heterocycles. The summed E-state index contributed by atoms with van der Waals surface area (Å²) in [6.07, 6.45) is 8.45. The van der Waals surface area contributed by atoms with Crippen LogP contribution in [0.5, 0.6) is 0 Å². The lowest BCUT2D eigenvalue weighted by Gasteiger charge is -2.68. The summed E-state index contributed by atoms with van der Waals surface area (Å²) in [5.74, 6) is 0. The highest BCUT2D eigenvalue weighted by Gasteiger charge is 2.66. The molecule has 0 aromatic heterocycles. The predicted octanol–water partition coefficient (Wildman–Crippen LogP) is 4.43. The van der Waals surface area contributed by atoms with E-state index in [1.165, 1.54) is 6.42 Å². The molecule has 4 rings (SSSR count). The Morgan fingerprint density at radius 1 is 0.500 bits per heavy atom. The molecule has 0 amide bonds. The minimum atomic E-state index is -2.57. The monoisotopic (exact) mass is 520 g/mol. The second-order valence-corrected chi connectivity index (χ2v) is 17.7. The molecule has 0 saturated heterocycles. The summed E-state index contributed by atoms with van der Waals surface area (Å²) in [6.45, 7) is 6.26. The zero-order chi connectivity index (χ0) is 25.1. The van der Waals surface area contributed by atoms with E-state index in [1.807, 2.05) is 0 Å². The number of hydrogen-bond donors (Lipinski definition) is 0. The van der Waals surface area contributed by atoms with E-state index >= 15 is 0 Å². The van der Waals surface area contributed by atoms with Gasteiger partial charge in [-0.25, -0.2) is 0 Å². The molecular weight excluding hydrogens is 472 g/mol. The van der Waals surface area contributed by atoms with E-state index in [1.54, 1.807) is 42.7 Å². The van der Waals surface area contributed by atoms with Crippen LogP contribution in [0.2, 0.25) is 12.1 Å². The van der Waals surface area contributed by atoms with Crippen molar-refractivity contribution in [2.24, 2.45) is 10.8 Å². The molecule has 0 aromatic carbocycles. The molecule has 0 aromatic rings. The predicted molar refractivity (Wildman–Crippen MR) is 134 cm³/mol. The summed E-state index contributed by atoms with van der Waals surface area (Å²) in [5, 5.41) is 0. The summed E-state index contributed by atoms with van der Waals surface area (Å²) in [4.78, 5) is 0. The van der Waals surface area contributed by atoms with E-state index in [4.69, 9.17) is 36.0 Å². The van der Waals surface area contributed by atoms with Crippen molar-refractivity contribution in [2.45, 2.75) is 88.5 Å². The van der Waals surface area contributed by atoms with Crippen molar-refractivity contribution >= 4 is 17.6 Å². The van der Waals surface area contributed by atoms with Crippen LogP contribution in [0.25, 0.3) is 0 Å². The van der Waals surface area contributed by atoms with Gasteiger partial charge < -0.3 is 36.0 Å². The second-order valence-electron chi connectivity index (χ2n) is 11.5. The Morgan fingerprint density at radius 3 is 1.12 bits per heavy atom. The third-order valence-electron chi connectivity index (χ3n) is 8.43. The first-order valence-electron chi connectivity index (χ1n) is 12.6. The van der Waals surface area contributed by atoms with E-state index in [0.717, 1.165) is 57.0 Å². The standard InChI is InChI=1S/C24H48O8Si2/c1-21-15-22(2)18-23(16-21,31-11-9-13-33(25-3,26-4)27-5)20-24(17-21,19-22)32-12-10-14-34(28-6,29-7)30-8/h9-20H2,1-8H3. The van der Waals surface area contributed by atoms with Gasteiger partial charge in [-0.05, 0) is 55.8 Å². The summed E-state index contributed by atoms with van der Waals surface area (Å²) >= 11 is 0. The van der Waals surface area contributed by atoms with Crippen LogP contribution in [0.15, 0.2) is 0 Å². The molecular formula is C24H48O8Si2. The Hall–Kier alpha value is 0.114. The minimum Gasteiger partial charge on any atom is -0.377 e. The van der Waals surface area contributed by atoms with Crippen molar-refractivity contribution in [3.63, 3.8) is 0 Å². The first-order chi connectivity index (χ1) is 16.0. The van der Waals surface area contributed by atoms with Gasteiger partial charge in [0.2, 0.25) is 0 Å². The smallest absolute Gasteiger partial charge is 0.377 e. The molecule has 4 aliphatic rings. The highest BCUT2D eigenvalue weighted by atomic mass is 28.4. The molecule has 0 unspecified atom stereocenters. The molecule has 0 atom stereocenters. The van der Waals surface area contributed by atoms with Crippen LogP contribution in [0.1, 0.15) is 65.2 Å². The molecule has 10 heteroatoms. The molecule has 4 aliphatic carbocycles. The van der Waals surface area contributed by atoms with Gasteiger partial charge in [0.1, 0.15) is 0 Å². The molecule has 200 valence electrons. The molecule has 0 N–H and O–H groups in total. The van der Waals surface area contributed by atoms with E-state index < -0.39 is 17.6 Å². The number of hydrogen-bond acceptors (Lipinski definition) is 8. The molecule has 0 spiro atoms. The van der Waals surface area contributed by atoms with Crippen molar-refractivity contribution < 1.29 is 36.0 Å². The third-order valence-corrected chi connectivity index (χ3v) is 14.1. The van der Waals surface area contributed by atoms with Crippen molar-refractivity contribution in [3.8, 4) is 0 Å². The van der Waals surface area contributed by atoms with E-state index in [9.17, 15) is 0 Å². The van der Waals surface area contributed by atoms with Gasteiger partial charge in [0.25, 0.3) is 0 Å². The van der Waals surface area contributed by atoms with E-state index in [-0.39, 0.29) is 22.0 Å². The van der Waals surface area contributed by atoms with Crippen LogP contribution in [-0.4, -0.2) is 84.7 Å². The highest BCUT2D eigenvalue weighted by Crippen LogP contribution is 2.69. The van der Waals surface area contributed by atoms with Gasteiger partial charge in [-0.2, -0.15) is 0 Å². The lowest BCUT2D eigenvalue weighted by molar-refractivity contribution is -0.280. The zero-order valence-corrected chi connectivity index (χ0v) is 24.8. The van der Waals surface area contributed by atoms with Gasteiger partial charge in [0, 0.05) is 74.4 Å². The molecule has 4 saturated carbocycles. The van der Waals surface area contributed by atoms with Crippen LogP contribution >= 0.6 is 0 Å². The van der Waals surface area contributed by atoms with Crippen molar-refractivity contribution in [3.05, 3.63) is 0 Å². The maximum atomic E-state index is 6.76. The maximum Gasteiger partial charge on any atom is 0.500 e. The van der Waals surface area contributed by atoms with Crippen molar-refractivity contribution in [2.75, 3.05) is 55.9 Å². The minimum absolute atomic E-state index is 0.111. The van der Waals surface area contributed by atoms with Crippen molar-refractivity contribution in [1.82, 2.24) is 0 Å². The van der Waals surface area contributed by atoms with Crippen LogP contribution in [0, 0.1) is 10.8 Å². The molecule has 0 radical (unpaired) electrons. The first kappa shape index (κ1) is 28.7. The van der Waals surface area contributed by atoms with E-state index in [2.05, 4.69) is 13.8 Å². The van der Waals surface area contributed by atoms with Crippen LogP contribution < -0.4 is 0 Å². The second kappa shape index (κ2) is 10.8. The van der Waals surface area contributed by atoms with Gasteiger partial charge in [-0.15, -0.1) is 0 Å². The fraction of sp³-hybridized carbons (Fsp3) is 1.00. The topological polar surface area (TPSA) is 73.8 Å². The third kappa shape index (κ3) is 5.98. The lowest BCUT2D eigenvalue weighted by Crippen LogP contribution is -2.67. The average Bonchev–Trinajstić information content (AvgIpc) is 2.78. The molecule has 8 nitrogen and oxygen atoms in total.